The fraction of sp³-hybridized carbons (Fsp3) is 0.133. The maximum Gasteiger partial charge on any atom is 0.228 e. The molecule has 1 aliphatic heterocycles. The van der Waals surface area contributed by atoms with Crippen LogP contribution in [0.3, 0.4) is 0 Å². The van der Waals surface area contributed by atoms with E-state index in [4.69, 9.17) is 23.2 Å². The van der Waals surface area contributed by atoms with Gasteiger partial charge < -0.3 is 5.32 Å². The van der Waals surface area contributed by atoms with Gasteiger partial charge in [0.15, 0.2) is 0 Å². The van der Waals surface area contributed by atoms with Crippen LogP contribution in [0, 0.1) is 5.82 Å². The van der Waals surface area contributed by atoms with Gasteiger partial charge in [0, 0.05) is 21.3 Å². The van der Waals surface area contributed by atoms with Crippen LogP contribution in [0.5, 0.6) is 0 Å². The molecule has 0 radical (unpaired) electrons. The van der Waals surface area contributed by atoms with Crippen LogP contribution in [-0.2, 0) is 11.2 Å². The van der Waals surface area contributed by atoms with Gasteiger partial charge in [-0.2, -0.15) is 0 Å². The van der Waals surface area contributed by atoms with Crippen molar-refractivity contribution in [2.24, 2.45) is 0 Å². The van der Waals surface area contributed by atoms with Gasteiger partial charge in [0.2, 0.25) is 5.91 Å². The van der Waals surface area contributed by atoms with Gasteiger partial charge in [0.25, 0.3) is 0 Å². The Morgan fingerprint density at radius 2 is 1.95 bits per heavy atom. The minimum atomic E-state index is -0.414. The summed E-state index contributed by atoms with van der Waals surface area (Å²) in [4.78, 5) is 11.0. The average Bonchev–Trinajstić information content (AvgIpc) is 2.76. The fourth-order valence-corrected chi connectivity index (χ4v) is 3.65. The molecule has 6 heteroatoms. The van der Waals surface area contributed by atoms with Crippen molar-refractivity contribution < 1.29 is 9.18 Å². The van der Waals surface area contributed by atoms with E-state index in [1.54, 1.807) is 18.2 Å². The summed E-state index contributed by atoms with van der Waals surface area (Å²) in [7, 11) is 0. The van der Waals surface area contributed by atoms with Crippen LogP contribution in [0.2, 0.25) is 10.0 Å². The number of alkyl halides is 1. The molecule has 1 heterocycles. The first kappa shape index (κ1) is 14.8. The first-order valence-electron chi connectivity index (χ1n) is 6.17. The largest absolute Gasteiger partial charge is 0.325 e. The Hall–Kier alpha value is -1.10. The van der Waals surface area contributed by atoms with E-state index in [2.05, 4.69) is 21.2 Å². The van der Waals surface area contributed by atoms with Gasteiger partial charge in [-0.05, 0) is 29.3 Å². The lowest BCUT2D eigenvalue weighted by molar-refractivity contribution is -0.115. The van der Waals surface area contributed by atoms with Crippen molar-refractivity contribution in [2.75, 3.05) is 5.32 Å². The van der Waals surface area contributed by atoms with Gasteiger partial charge >= 0.3 is 0 Å². The Bertz CT molecular complexity index is 751. The summed E-state index contributed by atoms with van der Waals surface area (Å²) in [5, 5.41) is 3.54. The zero-order chi connectivity index (χ0) is 15.1. The number of benzene rings is 2. The van der Waals surface area contributed by atoms with Gasteiger partial charge in [-0.25, -0.2) is 4.39 Å². The van der Waals surface area contributed by atoms with Gasteiger partial charge in [0.05, 0.1) is 11.2 Å². The SMILES string of the molecule is O=C1Cc2cc(C(Br)c3ccc(Cl)cc3F)c(Cl)cc2N1. The maximum atomic E-state index is 14.0. The lowest BCUT2D eigenvalue weighted by Crippen LogP contribution is -2.03. The first-order chi connectivity index (χ1) is 9.95. The van der Waals surface area contributed by atoms with Crippen molar-refractivity contribution in [3.63, 3.8) is 0 Å². The third-order valence-electron chi connectivity index (χ3n) is 3.36. The second kappa shape index (κ2) is 5.59. The smallest absolute Gasteiger partial charge is 0.228 e. The number of amides is 1. The monoisotopic (exact) mass is 387 g/mol. The molecule has 0 saturated carbocycles. The van der Waals surface area contributed by atoms with E-state index in [9.17, 15) is 9.18 Å². The molecule has 2 aromatic carbocycles. The van der Waals surface area contributed by atoms with Crippen LogP contribution >= 0.6 is 39.1 Å². The molecule has 21 heavy (non-hydrogen) atoms. The second-order valence-electron chi connectivity index (χ2n) is 4.78. The van der Waals surface area contributed by atoms with Crippen LogP contribution < -0.4 is 5.32 Å². The molecule has 0 aromatic heterocycles. The number of anilines is 1. The predicted molar refractivity (Wildman–Crippen MR) is 86.0 cm³/mol. The summed E-state index contributed by atoms with van der Waals surface area (Å²) < 4.78 is 14.0. The molecule has 0 spiro atoms. The highest BCUT2D eigenvalue weighted by atomic mass is 79.9. The Labute approximate surface area is 139 Å². The topological polar surface area (TPSA) is 29.1 Å². The number of carbonyl (C=O) groups excluding carboxylic acids is 1. The van der Waals surface area contributed by atoms with Crippen molar-refractivity contribution in [3.05, 3.63) is 62.9 Å². The number of fused-ring (bicyclic) bond motifs is 1. The van der Waals surface area contributed by atoms with Gasteiger partial charge in [-0.15, -0.1) is 0 Å². The standard InChI is InChI=1S/C15H9BrCl2FNO/c16-15(9-2-1-8(17)5-12(9)19)10-3-7-4-14(21)20-13(7)6-11(10)18/h1-3,5-6,15H,4H2,(H,20,21). The normalized spacial score (nSPS) is 14.8. The molecular weight excluding hydrogens is 380 g/mol. The molecule has 0 fully saturated rings. The molecule has 2 aromatic rings. The second-order valence-corrected chi connectivity index (χ2v) is 6.54. The highest BCUT2D eigenvalue weighted by Crippen LogP contribution is 2.40. The van der Waals surface area contributed by atoms with E-state index in [1.807, 2.05) is 6.07 Å². The minimum Gasteiger partial charge on any atom is -0.325 e. The molecule has 3 rings (SSSR count). The van der Waals surface area contributed by atoms with Crippen molar-refractivity contribution in [1.82, 2.24) is 0 Å². The van der Waals surface area contributed by atoms with Crippen LogP contribution in [0.25, 0.3) is 0 Å². The number of hydrogen-bond donors (Lipinski definition) is 1. The van der Waals surface area contributed by atoms with E-state index in [0.717, 1.165) is 5.56 Å². The van der Waals surface area contributed by atoms with E-state index in [0.29, 0.717) is 33.3 Å². The number of halogens is 4. The van der Waals surface area contributed by atoms with Crippen molar-refractivity contribution in [2.45, 2.75) is 11.2 Å². The summed E-state index contributed by atoms with van der Waals surface area (Å²) in [5.41, 5.74) is 2.73. The fourth-order valence-electron chi connectivity index (χ4n) is 2.34. The van der Waals surface area contributed by atoms with Gasteiger partial charge in [0.1, 0.15) is 5.82 Å². The van der Waals surface area contributed by atoms with Crippen molar-refractivity contribution >= 4 is 50.7 Å². The molecule has 0 saturated heterocycles. The molecule has 1 unspecified atom stereocenters. The highest BCUT2D eigenvalue weighted by molar-refractivity contribution is 9.09. The van der Waals surface area contributed by atoms with E-state index in [1.165, 1.54) is 6.07 Å². The van der Waals surface area contributed by atoms with Crippen molar-refractivity contribution in [3.8, 4) is 0 Å². The number of rotatable bonds is 2. The third-order valence-corrected chi connectivity index (χ3v) is 4.91. The predicted octanol–water partition coefficient (Wildman–Crippen LogP) is 5.11. The molecule has 108 valence electrons. The Morgan fingerprint density at radius 1 is 1.19 bits per heavy atom. The van der Waals surface area contributed by atoms with Crippen LogP contribution in [-0.4, -0.2) is 5.91 Å². The quantitative estimate of drug-likeness (QED) is 0.711. The summed E-state index contributed by atoms with van der Waals surface area (Å²) in [6.07, 6.45) is 0.308. The summed E-state index contributed by atoms with van der Waals surface area (Å²) in [5.74, 6) is -0.475. The number of nitrogens with one attached hydrogen (secondary N) is 1. The van der Waals surface area contributed by atoms with Crippen LogP contribution in [0.15, 0.2) is 30.3 Å². The average molecular weight is 389 g/mol. The van der Waals surface area contributed by atoms with E-state index in [-0.39, 0.29) is 5.91 Å². The Balaban J connectivity index is 2.04. The molecular formula is C15H9BrCl2FNO. The summed E-state index contributed by atoms with van der Waals surface area (Å²) in [6.45, 7) is 0. The van der Waals surface area contributed by atoms with E-state index < -0.39 is 10.6 Å². The minimum absolute atomic E-state index is 0.0676. The summed E-state index contributed by atoms with van der Waals surface area (Å²) >= 11 is 15.5. The first-order valence-corrected chi connectivity index (χ1v) is 7.84. The van der Waals surface area contributed by atoms with Crippen molar-refractivity contribution in [1.29, 1.82) is 0 Å². The highest BCUT2D eigenvalue weighted by Gasteiger charge is 2.24. The lowest BCUT2D eigenvalue weighted by Gasteiger charge is -2.15. The zero-order valence-electron chi connectivity index (χ0n) is 10.6. The zero-order valence-corrected chi connectivity index (χ0v) is 13.7. The Morgan fingerprint density at radius 3 is 2.67 bits per heavy atom. The Kier molecular flexibility index (Phi) is 3.95. The molecule has 1 aliphatic rings. The third kappa shape index (κ3) is 2.80. The van der Waals surface area contributed by atoms with Gasteiger partial charge in [-0.1, -0.05) is 51.3 Å². The molecule has 1 N–H and O–H groups in total. The van der Waals surface area contributed by atoms with E-state index >= 15 is 0 Å². The molecule has 0 aliphatic carbocycles. The lowest BCUT2D eigenvalue weighted by atomic mass is 10.0. The summed E-state index contributed by atoms with van der Waals surface area (Å²) in [6, 6.07) is 8.02. The van der Waals surface area contributed by atoms with Gasteiger partial charge in [-0.3, -0.25) is 4.79 Å². The molecule has 1 atom stereocenters. The maximum absolute atomic E-state index is 14.0. The number of carbonyl (C=O) groups is 1. The van der Waals surface area contributed by atoms with Crippen LogP contribution in [0.4, 0.5) is 10.1 Å². The number of hydrogen-bond acceptors (Lipinski definition) is 1. The molecule has 0 bridgehead atoms. The molecule has 2 nitrogen and oxygen atoms in total. The molecule has 1 amide bonds. The van der Waals surface area contributed by atoms with Crippen LogP contribution in [0.1, 0.15) is 21.5 Å².